The second-order valence-electron chi connectivity index (χ2n) is 4.14. The molecule has 0 bridgehead atoms. The number of amides is 1. The summed E-state index contributed by atoms with van der Waals surface area (Å²) in [6, 6.07) is 0.121. The number of thioether (sulfide) groups is 1. The molecule has 0 radical (unpaired) electrons. The lowest BCUT2D eigenvalue weighted by Crippen LogP contribution is -2.44. The molecule has 0 aliphatic carbocycles. The third-order valence-corrected chi connectivity index (χ3v) is 3.98. The van der Waals surface area contributed by atoms with Crippen molar-refractivity contribution in [2.24, 2.45) is 0 Å². The first kappa shape index (κ1) is 14.3. The van der Waals surface area contributed by atoms with Crippen LogP contribution in [0.2, 0.25) is 0 Å². The summed E-state index contributed by atoms with van der Waals surface area (Å²) < 4.78 is 0. The number of hydrogen-bond acceptors (Lipinski definition) is 4. The van der Waals surface area contributed by atoms with Crippen molar-refractivity contribution in [1.82, 2.24) is 10.2 Å². The molecule has 17 heavy (non-hydrogen) atoms. The van der Waals surface area contributed by atoms with E-state index in [2.05, 4.69) is 10.2 Å². The molecule has 1 heterocycles. The van der Waals surface area contributed by atoms with E-state index in [9.17, 15) is 9.59 Å². The van der Waals surface area contributed by atoms with Gasteiger partial charge in [-0.3, -0.25) is 14.5 Å². The van der Waals surface area contributed by atoms with Crippen molar-refractivity contribution in [3.8, 4) is 0 Å². The smallest absolute Gasteiger partial charge is 0.304 e. The molecule has 1 fully saturated rings. The zero-order valence-corrected chi connectivity index (χ0v) is 11.0. The number of aliphatic carboxylic acids is 1. The fourth-order valence-corrected chi connectivity index (χ4v) is 3.07. The Morgan fingerprint density at radius 3 is 2.94 bits per heavy atom. The van der Waals surface area contributed by atoms with Gasteiger partial charge in [0.15, 0.2) is 0 Å². The highest BCUT2D eigenvalue weighted by molar-refractivity contribution is 7.99. The molecule has 1 atom stereocenters. The average Bonchev–Trinajstić information content (AvgIpc) is 2.30. The Labute approximate surface area is 106 Å². The molecule has 98 valence electrons. The van der Waals surface area contributed by atoms with Gasteiger partial charge in [-0.15, -0.1) is 0 Å². The second-order valence-corrected chi connectivity index (χ2v) is 5.29. The Morgan fingerprint density at radius 2 is 2.29 bits per heavy atom. The molecule has 0 spiro atoms. The van der Waals surface area contributed by atoms with Crippen molar-refractivity contribution in [2.45, 2.75) is 25.3 Å². The van der Waals surface area contributed by atoms with Gasteiger partial charge >= 0.3 is 5.97 Å². The minimum Gasteiger partial charge on any atom is -0.481 e. The topological polar surface area (TPSA) is 69.6 Å². The molecular weight excluding hydrogens is 240 g/mol. The molecule has 1 saturated heterocycles. The van der Waals surface area contributed by atoms with Crippen LogP contribution in [0.5, 0.6) is 0 Å². The summed E-state index contributed by atoms with van der Waals surface area (Å²) in [5, 5.41) is 11.4. The van der Waals surface area contributed by atoms with E-state index in [1.54, 1.807) is 7.05 Å². The third kappa shape index (κ3) is 5.41. The van der Waals surface area contributed by atoms with Gasteiger partial charge in [-0.25, -0.2) is 0 Å². The van der Waals surface area contributed by atoms with Crippen LogP contribution >= 0.6 is 11.8 Å². The normalized spacial score (nSPS) is 21.1. The lowest BCUT2D eigenvalue weighted by atomic mass is 10.1. The van der Waals surface area contributed by atoms with E-state index in [0.717, 1.165) is 31.0 Å². The van der Waals surface area contributed by atoms with Gasteiger partial charge < -0.3 is 10.4 Å². The minimum atomic E-state index is -0.742. The van der Waals surface area contributed by atoms with E-state index < -0.39 is 5.97 Å². The van der Waals surface area contributed by atoms with Crippen LogP contribution in [-0.2, 0) is 9.59 Å². The van der Waals surface area contributed by atoms with Gasteiger partial charge in [-0.05, 0) is 13.0 Å². The van der Waals surface area contributed by atoms with Crippen molar-refractivity contribution in [1.29, 1.82) is 0 Å². The fourth-order valence-electron chi connectivity index (χ4n) is 1.94. The maximum Gasteiger partial charge on any atom is 0.304 e. The first-order valence-electron chi connectivity index (χ1n) is 5.87. The standard InChI is InChI=1S/C11H20N2O3S/c1-12-10(14)3-2-4-13-5-6-17-8-9(13)7-11(15)16/h9H,2-8H2,1H3,(H,12,14)(H,15,16). The molecule has 6 heteroatoms. The summed E-state index contributed by atoms with van der Waals surface area (Å²) >= 11 is 1.81. The van der Waals surface area contributed by atoms with Crippen LogP contribution in [0.15, 0.2) is 0 Å². The highest BCUT2D eigenvalue weighted by Gasteiger charge is 2.24. The molecule has 1 aliphatic rings. The van der Waals surface area contributed by atoms with Gasteiger partial charge in [0, 0.05) is 37.6 Å². The average molecular weight is 260 g/mol. The molecule has 0 aromatic carbocycles. The summed E-state index contributed by atoms with van der Waals surface area (Å²) in [4.78, 5) is 24.0. The Morgan fingerprint density at radius 1 is 1.53 bits per heavy atom. The summed E-state index contributed by atoms with van der Waals surface area (Å²) in [6.07, 6.45) is 1.51. The van der Waals surface area contributed by atoms with Crippen LogP contribution in [0.1, 0.15) is 19.3 Å². The van der Waals surface area contributed by atoms with Gasteiger partial charge in [0.1, 0.15) is 0 Å². The highest BCUT2D eigenvalue weighted by atomic mass is 32.2. The number of nitrogens with one attached hydrogen (secondary N) is 1. The Balaban J connectivity index is 2.32. The van der Waals surface area contributed by atoms with E-state index in [-0.39, 0.29) is 18.4 Å². The number of carboxylic acid groups (broad SMARTS) is 1. The zero-order valence-electron chi connectivity index (χ0n) is 10.1. The van der Waals surface area contributed by atoms with Crippen LogP contribution in [-0.4, -0.2) is 59.6 Å². The molecule has 5 nitrogen and oxygen atoms in total. The van der Waals surface area contributed by atoms with E-state index in [1.807, 2.05) is 11.8 Å². The Bertz CT molecular complexity index is 273. The fraction of sp³-hybridized carbons (Fsp3) is 0.818. The van der Waals surface area contributed by atoms with Crippen molar-refractivity contribution in [3.63, 3.8) is 0 Å². The molecule has 1 unspecified atom stereocenters. The first-order valence-corrected chi connectivity index (χ1v) is 7.03. The predicted molar refractivity (Wildman–Crippen MR) is 68.2 cm³/mol. The number of hydrogen-bond donors (Lipinski definition) is 2. The van der Waals surface area contributed by atoms with E-state index in [4.69, 9.17) is 5.11 Å². The molecule has 0 aromatic heterocycles. The molecular formula is C11H20N2O3S. The number of carboxylic acids is 1. The molecule has 1 amide bonds. The van der Waals surface area contributed by atoms with Crippen LogP contribution in [0.4, 0.5) is 0 Å². The molecule has 1 rings (SSSR count). The lowest BCUT2D eigenvalue weighted by molar-refractivity contribution is -0.138. The monoisotopic (exact) mass is 260 g/mol. The third-order valence-electron chi connectivity index (χ3n) is 2.89. The quantitative estimate of drug-likeness (QED) is 0.723. The minimum absolute atomic E-state index is 0.0474. The summed E-state index contributed by atoms with van der Waals surface area (Å²) in [7, 11) is 1.63. The van der Waals surface area contributed by atoms with Gasteiger partial charge in [-0.1, -0.05) is 0 Å². The summed E-state index contributed by atoms with van der Waals surface area (Å²) in [5.41, 5.74) is 0. The largest absolute Gasteiger partial charge is 0.481 e. The Kier molecular flexibility index (Phi) is 6.36. The van der Waals surface area contributed by atoms with Gasteiger partial charge in [0.2, 0.25) is 5.91 Å². The van der Waals surface area contributed by atoms with E-state index >= 15 is 0 Å². The van der Waals surface area contributed by atoms with Gasteiger partial charge in [-0.2, -0.15) is 11.8 Å². The number of nitrogens with zero attached hydrogens (tertiary/aromatic N) is 1. The molecule has 2 N–H and O–H groups in total. The first-order chi connectivity index (χ1) is 8.13. The molecule has 1 aliphatic heterocycles. The summed E-state index contributed by atoms with van der Waals surface area (Å²) in [6.45, 7) is 1.74. The Hall–Kier alpha value is -0.750. The molecule has 0 aromatic rings. The predicted octanol–water partition coefficient (Wildman–Crippen LogP) is 0.405. The van der Waals surface area contributed by atoms with Crippen molar-refractivity contribution < 1.29 is 14.7 Å². The number of carbonyl (C=O) groups excluding carboxylic acids is 1. The summed E-state index contributed by atoms with van der Waals surface area (Å²) in [5.74, 6) is 1.24. The van der Waals surface area contributed by atoms with Gasteiger partial charge in [0.25, 0.3) is 0 Å². The SMILES string of the molecule is CNC(=O)CCCN1CCSCC1CC(=O)O. The van der Waals surface area contributed by atoms with Crippen LogP contribution < -0.4 is 5.32 Å². The number of rotatable bonds is 6. The van der Waals surface area contributed by atoms with Crippen LogP contribution in [0, 0.1) is 0 Å². The zero-order chi connectivity index (χ0) is 12.7. The maximum absolute atomic E-state index is 11.1. The van der Waals surface area contributed by atoms with Gasteiger partial charge in [0.05, 0.1) is 6.42 Å². The second kappa shape index (κ2) is 7.55. The van der Waals surface area contributed by atoms with Crippen molar-refractivity contribution >= 4 is 23.6 Å². The van der Waals surface area contributed by atoms with E-state index in [0.29, 0.717) is 6.42 Å². The van der Waals surface area contributed by atoms with Crippen LogP contribution in [0.3, 0.4) is 0 Å². The molecule has 0 saturated carbocycles. The number of carbonyl (C=O) groups is 2. The van der Waals surface area contributed by atoms with Crippen molar-refractivity contribution in [3.05, 3.63) is 0 Å². The van der Waals surface area contributed by atoms with Crippen LogP contribution in [0.25, 0.3) is 0 Å². The van der Waals surface area contributed by atoms with Crippen molar-refractivity contribution in [2.75, 3.05) is 31.6 Å². The lowest BCUT2D eigenvalue weighted by Gasteiger charge is -2.34. The van der Waals surface area contributed by atoms with E-state index in [1.165, 1.54) is 0 Å². The highest BCUT2D eigenvalue weighted by Crippen LogP contribution is 2.19. The maximum atomic E-state index is 11.1.